The average molecular weight is 206 g/mol. The maximum Gasteiger partial charge on any atom is 0.252 e. The zero-order chi connectivity index (χ0) is 11.4. The van der Waals surface area contributed by atoms with Crippen molar-refractivity contribution in [3.05, 3.63) is 35.4 Å². The lowest BCUT2D eigenvalue weighted by molar-refractivity contribution is 0.0927. The first-order valence-electron chi connectivity index (χ1n) is 5.14. The van der Waals surface area contributed by atoms with Crippen molar-refractivity contribution in [1.82, 2.24) is 5.32 Å². The Kier molecular flexibility index (Phi) is 3.86. The molecule has 0 radical (unpaired) electrons. The van der Waals surface area contributed by atoms with Crippen molar-refractivity contribution in [1.29, 1.82) is 0 Å². The van der Waals surface area contributed by atoms with Crippen LogP contribution in [0.3, 0.4) is 0 Å². The molecule has 1 atom stereocenters. The number of hydrogen-bond acceptors (Lipinski definition) is 2. The van der Waals surface area contributed by atoms with Crippen molar-refractivity contribution in [2.24, 2.45) is 11.7 Å². The number of nitrogens with two attached hydrogens (primary N) is 1. The molecule has 82 valence electrons. The van der Waals surface area contributed by atoms with Crippen LogP contribution >= 0.6 is 0 Å². The summed E-state index contributed by atoms with van der Waals surface area (Å²) in [5.41, 5.74) is 7.54. The van der Waals surface area contributed by atoms with Crippen molar-refractivity contribution < 1.29 is 4.79 Å². The summed E-state index contributed by atoms with van der Waals surface area (Å²) in [5.74, 6) is 0.121. The van der Waals surface area contributed by atoms with Gasteiger partial charge < -0.3 is 11.1 Å². The van der Waals surface area contributed by atoms with Gasteiger partial charge in [-0.1, -0.05) is 31.5 Å². The molecule has 0 spiro atoms. The molecule has 0 aliphatic heterocycles. The van der Waals surface area contributed by atoms with E-state index in [1.54, 1.807) is 12.1 Å². The van der Waals surface area contributed by atoms with Gasteiger partial charge in [0.15, 0.2) is 0 Å². The maximum absolute atomic E-state index is 11.7. The molecule has 1 aromatic rings. The topological polar surface area (TPSA) is 55.1 Å². The minimum Gasteiger partial charge on any atom is -0.337 e. The molecule has 0 aliphatic rings. The molecule has 0 saturated heterocycles. The Hall–Kier alpha value is -1.35. The Bertz CT molecular complexity index is 330. The first kappa shape index (κ1) is 11.7. The van der Waals surface area contributed by atoms with E-state index in [0.717, 1.165) is 5.56 Å². The van der Waals surface area contributed by atoms with Crippen LogP contribution in [-0.4, -0.2) is 12.1 Å². The number of carbonyl (C=O) groups is 1. The zero-order valence-electron chi connectivity index (χ0n) is 9.45. The Labute approximate surface area is 90.7 Å². The number of aryl methyl sites for hydroxylation is 1. The molecule has 0 aliphatic carbocycles. The monoisotopic (exact) mass is 206 g/mol. The molecule has 3 N–H and O–H groups in total. The molecule has 15 heavy (non-hydrogen) atoms. The molecule has 1 rings (SSSR count). The number of hydrogen-bond donors (Lipinski definition) is 2. The van der Waals surface area contributed by atoms with E-state index in [1.807, 2.05) is 32.9 Å². The van der Waals surface area contributed by atoms with Gasteiger partial charge in [-0.25, -0.2) is 0 Å². The van der Waals surface area contributed by atoms with Crippen molar-refractivity contribution >= 4 is 5.91 Å². The lowest BCUT2D eigenvalue weighted by Gasteiger charge is -2.17. The molecule has 1 unspecified atom stereocenters. The predicted molar refractivity (Wildman–Crippen MR) is 61.5 cm³/mol. The summed E-state index contributed by atoms with van der Waals surface area (Å²) in [5, 5.41) is 2.75. The van der Waals surface area contributed by atoms with Gasteiger partial charge in [0, 0.05) is 5.56 Å². The first-order valence-corrected chi connectivity index (χ1v) is 5.14. The number of rotatable bonds is 3. The zero-order valence-corrected chi connectivity index (χ0v) is 9.45. The second-order valence-corrected chi connectivity index (χ2v) is 4.11. The van der Waals surface area contributed by atoms with Crippen LogP contribution in [0, 0.1) is 12.8 Å². The van der Waals surface area contributed by atoms with Crippen LogP contribution in [0.2, 0.25) is 0 Å². The molecule has 1 aromatic carbocycles. The SMILES string of the molecule is Cc1ccc(C(=O)NC(N)C(C)C)cc1. The number of amides is 1. The molecular formula is C12H18N2O. The standard InChI is InChI=1S/C12H18N2O/c1-8(2)11(13)14-12(15)10-6-4-9(3)5-7-10/h4-8,11H,13H2,1-3H3,(H,14,15). The highest BCUT2D eigenvalue weighted by atomic mass is 16.1. The van der Waals surface area contributed by atoms with Gasteiger partial charge in [-0.05, 0) is 25.0 Å². The minimum absolute atomic E-state index is 0.115. The molecule has 3 heteroatoms. The summed E-state index contributed by atoms with van der Waals surface area (Å²) in [7, 11) is 0. The van der Waals surface area contributed by atoms with E-state index in [-0.39, 0.29) is 18.0 Å². The lowest BCUT2D eigenvalue weighted by atomic mass is 10.1. The largest absolute Gasteiger partial charge is 0.337 e. The highest BCUT2D eigenvalue weighted by Gasteiger charge is 2.12. The number of benzene rings is 1. The van der Waals surface area contributed by atoms with Gasteiger partial charge in [-0.2, -0.15) is 0 Å². The van der Waals surface area contributed by atoms with Gasteiger partial charge in [-0.15, -0.1) is 0 Å². The third-order valence-electron chi connectivity index (χ3n) is 2.33. The Morgan fingerprint density at radius 3 is 2.27 bits per heavy atom. The van der Waals surface area contributed by atoms with E-state index in [4.69, 9.17) is 5.73 Å². The summed E-state index contributed by atoms with van der Waals surface area (Å²) in [6, 6.07) is 7.43. The van der Waals surface area contributed by atoms with E-state index in [0.29, 0.717) is 5.56 Å². The van der Waals surface area contributed by atoms with Crippen LogP contribution in [0.4, 0.5) is 0 Å². The third-order valence-corrected chi connectivity index (χ3v) is 2.33. The van der Waals surface area contributed by atoms with Crippen molar-refractivity contribution in [2.45, 2.75) is 26.9 Å². The van der Waals surface area contributed by atoms with Crippen molar-refractivity contribution in [2.75, 3.05) is 0 Å². The highest BCUT2D eigenvalue weighted by molar-refractivity contribution is 5.94. The van der Waals surface area contributed by atoms with E-state index in [2.05, 4.69) is 5.32 Å². The van der Waals surface area contributed by atoms with Crippen molar-refractivity contribution in [3.8, 4) is 0 Å². The van der Waals surface area contributed by atoms with Crippen LogP contribution in [0.1, 0.15) is 29.8 Å². The van der Waals surface area contributed by atoms with Gasteiger partial charge >= 0.3 is 0 Å². The predicted octanol–water partition coefficient (Wildman–Crippen LogP) is 1.67. The molecule has 3 nitrogen and oxygen atoms in total. The van der Waals surface area contributed by atoms with Crippen LogP contribution in [0.25, 0.3) is 0 Å². The Morgan fingerprint density at radius 1 is 1.27 bits per heavy atom. The van der Waals surface area contributed by atoms with E-state index < -0.39 is 0 Å². The summed E-state index contributed by atoms with van der Waals surface area (Å²) >= 11 is 0. The molecule has 1 amide bonds. The molecule has 0 aromatic heterocycles. The van der Waals surface area contributed by atoms with Gasteiger partial charge in [-0.3, -0.25) is 4.79 Å². The van der Waals surface area contributed by atoms with Gasteiger partial charge in [0.1, 0.15) is 0 Å². The second-order valence-electron chi connectivity index (χ2n) is 4.11. The molecule has 0 fully saturated rings. The van der Waals surface area contributed by atoms with Gasteiger partial charge in [0.25, 0.3) is 5.91 Å². The first-order chi connectivity index (χ1) is 7.00. The molecular weight excluding hydrogens is 188 g/mol. The van der Waals surface area contributed by atoms with Crippen LogP contribution in [-0.2, 0) is 0 Å². The molecule has 0 heterocycles. The normalized spacial score (nSPS) is 12.6. The minimum atomic E-state index is -0.293. The Balaban J connectivity index is 2.65. The number of nitrogens with one attached hydrogen (secondary N) is 1. The maximum atomic E-state index is 11.7. The van der Waals surface area contributed by atoms with Crippen LogP contribution in [0.15, 0.2) is 24.3 Å². The number of carbonyl (C=O) groups excluding carboxylic acids is 1. The summed E-state index contributed by atoms with van der Waals surface area (Å²) in [6.07, 6.45) is -0.293. The molecule has 0 saturated carbocycles. The van der Waals surface area contributed by atoms with Crippen LogP contribution < -0.4 is 11.1 Å². The Morgan fingerprint density at radius 2 is 1.80 bits per heavy atom. The third kappa shape index (κ3) is 3.36. The smallest absolute Gasteiger partial charge is 0.252 e. The van der Waals surface area contributed by atoms with Gasteiger partial charge in [0.05, 0.1) is 6.17 Å². The van der Waals surface area contributed by atoms with E-state index in [1.165, 1.54) is 0 Å². The fraction of sp³-hybridized carbons (Fsp3) is 0.417. The fourth-order valence-corrected chi connectivity index (χ4v) is 1.11. The molecule has 0 bridgehead atoms. The van der Waals surface area contributed by atoms with Gasteiger partial charge in [0.2, 0.25) is 0 Å². The second kappa shape index (κ2) is 4.94. The van der Waals surface area contributed by atoms with E-state index >= 15 is 0 Å². The van der Waals surface area contributed by atoms with Crippen molar-refractivity contribution in [3.63, 3.8) is 0 Å². The summed E-state index contributed by atoms with van der Waals surface area (Å²) in [4.78, 5) is 11.7. The highest BCUT2D eigenvalue weighted by Crippen LogP contribution is 2.04. The summed E-state index contributed by atoms with van der Waals surface area (Å²) < 4.78 is 0. The quantitative estimate of drug-likeness (QED) is 0.739. The van der Waals surface area contributed by atoms with Crippen LogP contribution in [0.5, 0.6) is 0 Å². The fourth-order valence-electron chi connectivity index (χ4n) is 1.11. The average Bonchev–Trinajstić information content (AvgIpc) is 2.18. The van der Waals surface area contributed by atoms with E-state index in [9.17, 15) is 4.79 Å². The summed E-state index contributed by atoms with van der Waals surface area (Å²) in [6.45, 7) is 5.93. The lowest BCUT2D eigenvalue weighted by Crippen LogP contribution is -2.45.